The highest BCUT2D eigenvalue weighted by atomic mass is 32.1. The van der Waals surface area contributed by atoms with Crippen LogP contribution in [-0.2, 0) is 0 Å². The molecule has 0 spiro atoms. The number of rotatable bonds is 2. The van der Waals surface area contributed by atoms with Crippen molar-refractivity contribution in [3.05, 3.63) is 28.3 Å². The van der Waals surface area contributed by atoms with Crippen LogP contribution in [0.2, 0.25) is 0 Å². The summed E-state index contributed by atoms with van der Waals surface area (Å²) in [5.41, 5.74) is 0.791. The van der Waals surface area contributed by atoms with Gasteiger partial charge < -0.3 is 9.52 Å². The highest BCUT2D eigenvalue weighted by molar-refractivity contribution is 7.10. The summed E-state index contributed by atoms with van der Waals surface area (Å²) in [7, 11) is 0. The lowest BCUT2D eigenvalue weighted by molar-refractivity contribution is 0.199. The molecule has 74 valence electrons. The van der Waals surface area contributed by atoms with Gasteiger partial charge in [-0.1, -0.05) is 0 Å². The number of aliphatic hydroxyl groups excluding tert-OH is 1. The second-order valence-corrected chi connectivity index (χ2v) is 4.05. The third kappa shape index (κ3) is 1.71. The summed E-state index contributed by atoms with van der Waals surface area (Å²) in [6.45, 7) is 3.60. The van der Waals surface area contributed by atoms with Crippen LogP contribution in [0.3, 0.4) is 0 Å². The van der Waals surface area contributed by atoms with Crippen LogP contribution in [0.15, 0.2) is 21.9 Å². The Morgan fingerprint density at radius 3 is 2.79 bits per heavy atom. The van der Waals surface area contributed by atoms with E-state index in [1.807, 2.05) is 24.4 Å². The predicted molar refractivity (Wildman–Crippen MR) is 55.2 cm³/mol. The van der Waals surface area contributed by atoms with Gasteiger partial charge in [0.25, 0.3) is 0 Å². The molecule has 3 nitrogen and oxygen atoms in total. The first-order valence-electron chi connectivity index (χ1n) is 4.37. The molecule has 0 radical (unpaired) electrons. The van der Waals surface area contributed by atoms with E-state index in [4.69, 9.17) is 4.42 Å². The van der Waals surface area contributed by atoms with Crippen molar-refractivity contribution in [3.63, 3.8) is 0 Å². The summed E-state index contributed by atoms with van der Waals surface area (Å²) >= 11 is 1.44. The molecule has 2 aromatic heterocycles. The molecule has 0 bridgehead atoms. The number of hydrogen-bond acceptors (Lipinski definition) is 4. The van der Waals surface area contributed by atoms with Gasteiger partial charge in [0.2, 0.25) is 0 Å². The van der Waals surface area contributed by atoms with Gasteiger partial charge in [0.15, 0.2) is 5.76 Å². The van der Waals surface area contributed by atoms with Crippen molar-refractivity contribution >= 4 is 11.3 Å². The Morgan fingerprint density at radius 2 is 2.29 bits per heavy atom. The molecular weight excluding hydrogens is 198 g/mol. The average Bonchev–Trinajstić information content (AvgIpc) is 2.70. The molecule has 0 saturated heterocycles. The highest BCUT2D eigenvalue weighted by Crippen LogP contribution is 2.26. The van der Waals surface area contributed by atoms with Gasteiger partial charge in [-0.15, -0.1) is 11.3 Å². The molecule has 0 aliphatic heterocycles. The van der Waals surface area contributed by atoms with Gasteiger partial charge in [-0.05, 0) is 26.0 Å². The maximum atomic E-state index is 9.31. The van der Waals surface area contributed by atoms with Crippen molar-refractivity contribution in [2.75, 3.05) is 0 Å². The van der Waals surface area contributed by atoms with Crippen LogP contribution in [0.4, 0.5) is 0 Å². The smallest absolute Gasteiger partial charge is 0.153 e. The third-order valence-electron chi connectivity index (χ3n) is 1.87. The van der Waals surface area contributed by atoms with Crippen LogP contribution in [0.25, 0.3) is 11.5 Å². The van der Waals surface area contributed by atoms with E-state index in [9.17, 15) is 5.11 Å². The summed E-state index contributed by atoms with van der Waals surface area (Å²) in [5.74, 6) is 1.62. The normalized spacial score (nSPS) is 13.1. The molecule has 1 atom stereocenters. The summed E-state index contributed by atoms with van der Waals surface area (Å²) in [4.78, 5) is 4.27. The SMILES string of the molecule is Cc1ccc(-c2csc(C(C)O)n2)o1. The zero-order valence-electron chi connectivity index (χ0n) is 8.02. The molecule has 2 aromatic rings. The quantitative estimate of drug-likeness (QED) is 0.827. The lowest BCUT2D eigenvalue weighted by atomic mass is 10.3. The second-order valence-electron chi connectivity index (χ2n) is 3.16. The van der Waals surface area contributed by atoms with Crippen LogP contribution >= 0.6 is 11.3 Å². The van der Waals surface area contributed by atoms with Gasteiger partial charge >= 0.3 is 0 Å². The maximum absolute atomic E-state index is 9.31. The summed E-state index contributed by atoms with van der Waals surface area (Å²) in [5, 5.41) is 11.9. The minimum absolute atomic E-state index is 0.509. The Bertz CT molecular complexity index is 431. The Labute approximate surface area is 86.0 Å². The molecule has 2 rings (SSSR count). The minimum Gasteiger partial charge on any atom is -0.460 e. The van der Waals surface area contributed by atoms with E-state index in [1.165, 1.54) is 11.3 Å². The van der Waals surface area contributed by atoms with E-state index in [-0.39, 0.29) is 0 Å². The van der Waals surface area contributed by atoms with Crippen LogP contribution in [0, 0.1) is 6.92 Å². The van der Waals surface area contributed by atoms with Gasteiger partial charge in [0.1, 0.15) is 22.6 Å². The van der Waals surface area contributed by atoms with Gasteiger partial charge in [0.05, 0.1) is 0 Å². The minimum atomic E-state index is -0.509. The van der Waals surface area contributed by atoms with Crippen LogP contribution in [0.5, 0.6) is 0 Å². The number of aliphatic hydroxyl groups is 1. The molecule has 0 aromatic carbocycles. The van der Waals surface area contributed by atoms with Crippen molar-refractivity contribution < 1.29 is 9.52 Å². The number of nitrogens with zero attached hydrogens (tertiary/aromatic N) is 1. The largest absolute Gasteiger partial charge is 0.460 e. The molecule has 0 amide bonds. The first-order chi connectivity index (χ1) is 6.66. The van der Waals surface area contributed by atoms with Crippen molar-refractivity contribution in [2.24, 2.45) is 0 Å². The third-order valence-corrected chi connectivity index (χ3v) is 2.89. The molecule has 2 heterocycles. The van der Waals surface area contributed by atoms with Crippen LogP contribution in [0.1, 0.15) is 23.8 Å². The van der Waals surface area contributed by atoms with Crippen LogP contribution < -0.4 is 0 Å². The van der Waals surface area contributed by atoms with Gasteiger partial charge in [-0.3, -0.25) is 0 Å². The summed E-state index contributed by atoms with van der Waals surface area (Å²) in [6.07, 6.45) is -0.509. The monoisotopic (exact) mass is 209 g/mol. The van der Waals surface area contributed by atoms with E-state index < -0.39 is 6.10 Å². The molecule has 14 heavy (non-hydrogen) atoms. The van der Waals surface area contributed by atoms with E-state index in [0.717, 1.165) is 17.2 Å². The van der Waals surface area contributed by atoms with Gasteiger partial charge in [0, 0.05) is 5.38 Å². The van der Waals surface area contributed by atoms with Crippen molar-refractivity contribution in [1.29, 1.82) is 0 Å². The lowest BCUT2D eigenvalue weighted by Gasteiger charge is -1.95. The molecule has 0 aliphatic rings. The van der Waals surface area contributed by atoms with Crippen molar-refractivity contribution in [2.45, 2.75) is 20.0 Å². The Hall–Kier alpha value is -1.13. The second kappa shape index (κ2) is 3.55. The van der Waals surface area contributed by atoms with E-state index >= 15 is 0 Å². The van der Waals surface area contributed by atoms with Gasteiger partial charge in [-0.2, -0.15) is 0 Å². The topological polar surface area (TPSA) is 46.3 Å². The first kappa shape index (κ1) is 9.43. The Morgan fingerprint density at radius 1 is 1.50 bits per heavy atom. The van der Waals surface area contributed by atoms with Crippen LogP contribution in [-0.4, -0.2) is 10.1 Å². The summed E-state index contributed by atoms with van der Waals surface area (Å²) in [6, 6.07) is 3.78. The van der Waals surface area contributed by atoms with E-state index in [0.29, 0.717) is 5.01 Å². The number of thiazole rings is 1. The average molecular weight is 209 g/mol. The standard InChI is InChI=1S/C10H11NO2S/c1-6-3-4-9(13-6)8-5-14-10(11-8)7(2)12/h3-5,7,12H,1-2H3. The molecule has 4 heteroatoms. The van der Waals surface area contributed by atoms with Gasteiger partial charge in [-0.25, -0.2) is 4.98 Å². The Balaban J connectivity index is 2.33. The highest BCUT2D eigenvalue weighted by Gasteiger charge is 2.10. The molecule has 1 unspecified atom stereocenters. The molecule has 0 fully saturated rings. The molecule has 0 aliphatic carbocycles. The lowest BCUT2D eigenvalue weighted by Crippen LogP contribution is -1.88. The van der Waals surface area contributed by atoms with Crippen molar-refractivity contribution in [1.82, 2.24) is 4.98 Å². The number of furan rings is 1. The number of aromatic nitrogens is 1. The fourth-order valence-electron chi connectivity index (χ4n) is 1.16. The maximum Gasteiger partial charge on any atom is 0.153 e. The number of hydrogen-bond donors (Lipinski definition) is 1. The fraction of sp³-hybridized carbons (Fsp3) is 0.300. The van der Waals surface area contributed by atoms with E-state index in [1.54, 1.807) is 6.92 Å². The molecule has 0 saturated carbocycles. The molecular formula is C10H11NO2S. The number of aryl methyl sites for hydroxylation is 1. The zero-order chi connectivity index (χ0) is 10.1. The zero-order valence-corrected chi connectivity index (χ0v) is 8.84. The Kier molecular flexibility index (Phi) is 2.39. The van der Waals surface area contributed by atoms with E-state index in [2.05, 4.69) is 4.98 Å². The predicted octanol–water partition coefficient (Wildman–Crippen LogP) is 2.76. The summed E-state index contributed by atoms with van der Waals surface area (Å²) < 4.78 is 5.43. The molecule has 1 N–H and O–H groups in total. The van der Waals surface area contributed by atoms with Crippen molar-refractivity contribution in [3.8, 4) is 11.5 Å². The first-order valence-corrected chi connectivity index (χ1v) is 5.25. The fourth-order valence-corrected chi connectivity index (χ4v) is 1.91.